The van der Waals surface area contributed by atoms with Gasteiger partial charge in [0.15, 0.2) is 0 Å². The van der Waals surface area contributed by atoms with Gasteiger partial charge >= 0.3 is 12.0 Å². The van der Waals surface area contributed by atoms with Crippen LogP contribution in [0.2, 0.25) is 0 Å². The molecule has 0 bridgehead atoms. The van der Waals surface area contributed by atoms with Gasteiger partial charge in [-0.1, -0.05) is 26.2 Å². The molecule has 2 fully saturated rings. The first-order valence-corrected chi connectivity index (χ1v) is 8.66. The molecule has 0 aromatic rings. The number of aliphatic carboxylic acids is 1. The van der Waals surface area contributed by atoms with Gasteiger partial charge < -0.3 is 15.3 Å². The first-order valence-electron chi connectivity index (χ1n) is 7.51. The van der Waals surface area contributed by atoms with Gasteiger partial charge in [-0.25, -0.2) is 9.59 Å². The van der Waals surface area contributed by atoms with E-state index in [1.807, 2.05) is 0 Å². The number of amides is 2. The third-order valence-corrected chi connectivity index (χ3v) is 5.41. The molecular formula is C14H24N2O3S. The number of carbonyl (C=O) groups is 2. The lowest BCUT2D eigenvalue weighted by atomic mass is 9.83. The second kappa shape index (κ2) is 7.20. The third-order valence-electron chi connectivity index (χ3n) is 4.40. The zero-order valence-electron chi connectivity index (χ0n) is 12.0. The van der Waals surface area contributed by atoms with E-state index in [1.54, 1.807) is 0 Å². The van der Waals surface area contributed by atoms with E-state index < -0.39 is 12.0 Å². The van der Waals surface area contributed by atoms with Crippen LogP contribution in [0.4, 0.5) is 4.79 Å². The Hall–Kier alpha value is -0.910. The Morgan fingerprint density at radius 3 is 2.65 bits per heavy atom. The van der Waals surface area contributed by atoms with E-state index >= 15 is 0 Å². The molecule has 0 aromatic heterocycles. The average Bonchev–Trinajstić information content (AvgIpc) is 2.95. The Morgan fingerprint density at radius 1 is 1.35 bits per heavy atom. The first-order chi connectivity index (χ1) is 9.63. The number of nitrogens with zero attached hydrogens (tertiary/aromatic N) is 1. The normalized spacial score (nSPS) is 25.4. The Bertz CT molecular complexity index is 358. The van der Waals surface area contributed by atoms with Gasteiger partial charge in [-0.15, -0.1) is 11.8 Å². The number of carboxylic acid groups (broad SMARTS) is 1. The molecule has 1 aliphatic carbocycles. The molecule has 0 aromatic carbocycles. The Morgan fingerprint density at radius 2 is 2.05 bits per heavy atom. The Kier molecular flexibility index (Phi) is 5.57. The number of urea groups is 1. The highest BCUT2D eigenvalue weighted by Crippen LogP contribution is 2.28. The first kappa shape index (κ1) is 15.5. The van der Waals surface area contributed by atoms with E-state index in [9.17, 15) is 9.59 Å². The van der Waals surface area contributed by atoms with Crippen molar-refractivity contribution in [1.29, 1.82) is 0 Å². The molecule has 0 spiro atoms. The molecule has 1 saturated carbocycles. The lowest BCUT2D eigenvalue weighted by molar-refractivity contribution is -0.140. The summed E-state index contributed by atoms with van der Waals surface area (Å²) in [5, 5.41) is 12.2. The fourth-order valence-corrected chi connectivity index (χ4v) is 4.32. The van der Waals surface area contributed by atoms with Crippen LogP contribution in [0.1, 0.15) is 45.4 Å². The lowest BCUT2D eigenvalue weighted by Gasteiger charge is -2.32. The summed E-state index contributed by atoms with van der Waals surface area (Å²) >= 11 is 1.50. The summed E-state index contributed by atoms with van der Waals surface area (Å²) in [6.07, 6.45) is 7.05. The van der Waals surface area contributed by atoms with Crippen molar-refractivity contribution >= 4 is 23.8 Å². The van der Waals surface area contributed by atoms with E-state index in [1.165, 1.54) is 48.8 Å². The zero-order valence-corrected chi connectivity index (χ0v) is 12.8. The molecule has 20 heavy (non-hydrogen) atoms. The highest BCUT2D eigenvalue weighted by atomic mass is 32.2. The van der Waals surface area contributed by atoms with Gasteiger partial charge in [-0.2, -0.15) is 0 Å². The fourth-order valence-electron chi connectivity index (χ4n) is 3.18. The minimum absolute atomic E-state index is 0.183. The van der Waals surface area contributed by atoms with Crippen LogP contribution < -0.4 is 5.32 Å². The van der Waals surface area contributed by atoms with Gasteiger partial charge in [0.1, 0.15) is 6.04 Å². The predicted octanol–water partition coefficient (Wildman–Crippen LogP) is 2.51. The van der Waals surface area contributed by atoms with Crippen molar-refractivity contribution in [3.63, 3.8) is 0 Å². The number of carbonyl (C=O) groups excluding carboxylic acids is 1. The molecule has 5 nitrogen and oxygen atoms in total. The van der Waals surface area contributed by atoms with E-state index in [0.717, 1.165) is 6.42 Å². The third kappa shape index (κ3) is 3.59. The number of thioether (sulfide) groups is 1. The van der Waals surface area contributed by atoms with Crippen molar-refractivity contribution in [2.24, 2.45) is 5.92 Å². The maximum Gasteiger partial charge on any atom is 0.327 e. The smallest absolute Gasteiger partial charge is 0.327 e. The summed E-state index contributed by atoms with van der Waals surface area (Å²) < 4.78 is 0. The maximum absolute atomic E-state index is 12.3. The number of hydrogen-bond donors (Lipinski definition) is 2. The summed E-state index contributed by atoms with van der Waals surface area (Å²) in [5.41, 5.74) is 0. The molecule has 114 valence electrons. The van der Waals surface area contributed by atoms with Crippen molar-refractivity contribution < 1.29 is 14.7 Å². The van der Waals surface area contributed by atoms with Crippen LogP contribution in [0.15, 0.2) is 0 Å². The SMILES string of the molecule is CCC(NC(=O)N1CSC[C@H]1C(=O)O)C1CCCCC1. The topological polar surface area (TPSA) is 69.6 Å². The van der Waals surface area contributed by atoms with Gasteiger partial charge in [0.2, 0.25) is 0 Å². The van der Waals surface area contributed by atoms with Gasteiger partial charge in [0.25, 0.3) is 0 Å². The van der Waals surface area contributed by atoms with Crippen molar-refractivity contribution in [1.82, 2.24) is 10.2 Å². The quantitative estimate of drug-likeness (QED) is 0.837. The molecule has 1 saturated heterocycles. The highest BCUT2D eigenvalue weighted by Gasteiger charge is 2.36. The van der Waals surface area contributed by atoms with Crippen molar-refractivity contribution in [2.75, 3.05) is 11.6 Å². The second-order valence-electron chi connectivity index (χ2n) is 5.69. The molecule has 2 amide bonds. The van der Waals surface area contributed by atoms with Crippen LogP contribution in [0.3, 0.4) is 0 Å². The summed E-state index contributed by atoms with van der Waals surface area (Å²) in [5.74, 6) is 0.611. The van der Waals surface area contributed by atoms with Crippen LogP contribution in [0.25, 0.3) is 0 Å². The van der Waals surface area contributed by atoms with E-state index in [-0.39, 0.29) is 12.1 Å². The largest absolute Gasteiger partial charge is 0.480 e. The minimum atomic E-state index is -0.907. The Labute approximate surface area is 124 Å². The number of carboxylic acids is 1. The standard InChI is InChI=1S/C14H24N2O3S/c1-2-11(10-6-4-3-5-7-10)15-14(19)16-9-20-8-12(16)13(17)18/h10-12H,2-9H2,1H3,(H,15,19)(H,17,18)/t11?,12-/m0/s1. The van der Waals surface area contributed by atoms with Crippen molar-refractivity contribution in [2.45, 2.75) is 57.5 Å². The molecule has 1 aliphatic heterocycles. The molecule has 0 radical (unpaired) electrons. The number of hydrogen-bond acceptors (Lipinski definition) is 3. The lowest BCUT2D eigenvalue weighted by Crippen LogP contribution is -2.51. The Balaban J connectivity index is 1.92. The summed E-state index contributed by atoms with van der Waals surface area (Å²) in [6.45, 7) is 2.09. The number of rotatable bonds is 4. The van der Waals surface area contributed by atoms with Crippen molar-refractivity contribution in [3.05, 3.63) is 0 Å². The van der Waals surface area contributed by atoms with Gasteiger partial charge in [-0.3, -0.25) is 0 Å². The van der Waals surface area contributed by atoms with E-state index in [0.29, 0.717) is 17.5 Å². The molecule has 2 N–H and O–H groups in total. The monoisotopic (exact) mass is 300 g/mol. The second-order valence-corrected chi connectivity index (χ2v) is 6.69. The molecule has 6 heteroatoms. The molecule has 2 aliphatic rings. The van der Waals surface area contributed by atoms with E-state index in [4.69, 9.17) is 5.11 Å². The van der Waals surface area contributed by atoms with Crippen LogP contribution in [0.5, 0.6) is 0 Å². The van der Waals surface area contributed by atoms with E-state index in [2.05, 4.69) is 12.2 Å². The zero-order chi connectivity index (χ0) is 14.5. The van der Waals surface area contributed by atoms with Crippen LogP contribution in [0, 0.1) is 5.92 Å². The molecule has 1 heterocycles. The van der Waals surface area contributed by atoms with Crippen LogP contribution >= 0.6 is 11.8 Å². The summed E-state index contributed by atoms with van der Waals surface area (Å²) in [6, 6.07) is -0.702. The summed E-state index contributed by atoms with van der Waals surface area (Å²) in [4.78, 5) is 24.9. The van der Waals surface area contributed by atoms with Gasteiger partial charge in [-0.05, 0) is 25.2 Å². The number of nitrogens with one attached hydrogen (secondary N) is 1. The molecular weight excluding hydrogens is 276 g/mol. The summed E-state index contributed by atoms with van der Waals surface area (Å²) in [7, 11) is 0. The van der Waals surface area contributed by atoms with Gasteiger partial charge in [0.05, 0.1) is 5.88 Å². The van der Waals surface area contributed by atoms with Gasteiger partial charge in [0, 0.05) is 11.8 Å². The van der Waals surface area contributed by atoms with Crippen LogP contribution in [-0.4, -0.2) is 45.7 Å². The maximum atomic E-state index is 12.3. The minimum Gasteiger partial charge on any atom is -0.480 e. The van der Waals surface area contributed by atoms with Crippen molar-refractivity contribution in [3.8, 4) is 0 Å². The van der Waals surface area contributed by atoms with Crippen LogP contribution in [-0.2, 0) is 4.79 Å². The fraction of sp³-hybridized carbons (Fsp3) is 0.857. The highest BCUT2D eigenvalue weighted by molar-refractivity contribution is 7.99. The molecule has 1 unspecified atom stereocenters. The predicted molar refractivity (Wildman–Crippen MR) is 79.8 cm³/mol. The molecule has 2 rings (SSSR count). The average molecular weight is 300 g/mol. The molecule has 2 atom stereocenters.